The first-order valence-electron chi connectivity index (χ1n) is 12.8. The quantitative estimate of drug-likeness (QED) is 0.471. The lowest BCUT2D eigenvalue weighted by atomic mass is 9.98. The summed E-state index contributed by atoms with van der Waals surface area (Å²) >= 11 is 0. The number of hydrogen-bond acceptors (Lipinski definition) is 6. The molecule has 0 aromatic heterocycles. The highest BCUT2D eigenvalue weighted by atomic mass is 16.6. The summed E-state index contributed by atoms with van der Waals surface area (Å²) in [5.74, 6) is 0.351. The van der Waals surface area contributed by atoms with E-state index in [0.29, 0.717) is 26.2 Å². The molecular weight excluding hydrogens is 464 g/mol. The van der Waals surface area contributed by atoms with Crippen molar-refractivity contribution in [1.82, 2.24) is 20.4 Å². The van der Waals surface area contributed by atoms with Crippen molar-refractivity contribution in [3.8, 4) is 0 Å². The first kappa shape index (κ1) is 27.6. The number of alkyl carbamates (subject to hydrolysis) is 1. The van der Waals surface area contributed by atoms with Crippen LogP contribution < -0.4 is 10.6 Å². The molecule has 2 atom stereocenters. The fourth-order valence-corrected chi connectivity index (χ4v) is 4.79. The molecule has 10 heteroatoms. The smallest absolute Gasteiger partial charge is 0.410 e. The van der Waals surface area contributed by atoms with Gasteiger partial charge in [-0.05, 0) is 70.0 Å². The Morgan fingerprint density at radius 3 is 2.61 bits per heavy atom. The minimum Gasteiger partial charge on any atom is -0.465 e. The molecule has 3 rings (SSSR count). The Hall–Kier alpha value is -3.01. The van der Waals surface area contributed by atoms with Gasteiger partial charge in [0.05, 0.1) is 6.54 Å². The number of hydrogen-bond donors (Lipinski definition) is 3. The molecule has 3 N–H and O–H groups in total. The average molecular weight is 505 g/mol. The Labute approximate surface area is 213 Å². The van der Waals surface area contributed by atoms with Crippen molar-refractivity contribution in [2.45, 2.75) is 51.7 Å². The van der Waals surface area contributed by atoms with Crippen molar-refractivity contribution in [2.75, 3.05) is 45.8 Å². The molecule has 3 amide bonds. The van der Waals surface area contributed by atoms with E-state index in [1.807, 2.05) is 30.3 Å². The minimum atomic E-state index is -1.01. The number of carbonyl (C=O) groups excluding carboxylic acids is 2. The van der Waals surface area contributed by atoms with Gasteiger partial charge in [0.15, 0.2) is 0 Å². The standard InChI is InChI=1S/C26H40N4O6/c1-26(2,19-30(24(32)33)17-21-10-6-12-27-14-21)36-25(34)29-13-7-11-22(16-29)15-28-23(31)35-18-20-8-4-3-5-9-20/h3-5,8-9,21-22,27H,6-7,10-19H2,1-2H3,(H,28,31)(H,32,33)/t21-,22+/m1/s1. The molecule has 0 unspecified atom stereocenters. The maximum absolute atomic E-state index is 12.9. The normalized spacial score (nSPS) is 20.3. The van der Waals surface area contributed by atoms with Crippen molar-refractivity contribution in [2.24, 2.45) is 11.8 Å². The lowest BCUT2D eigenvalue weighted by molar-refractivity contribution is -0.0137. The summed E-state index contributed by atoms with van der Waals surface area (Å²) in [7, 11) is 0. The minimum absolute atomic E-state index is 0.0907. The SMILES string of the molecule is CC(C)(CN(C[C@@H]1CCCNC1)C(=O)O)OC(=O)N1CCC[C@@H](CNC(=O)OCc2ccccc2)C1. The van der Waals surface area contributed by atoms with Gasteiger partial charge in [0.1, 0.15) is 12.2 Å². The summed E-state index contributed by atoms with van der Waals surface area (Å²) < 4.78 is 11.0. The van der Waals surface area contributed by atoms with Crippen LogP contribution in [0.15, 0.2) is 30.3 Å². The number of carbonyl (C=O) groups is 3. The third kappa shape index (κ3) is 9.22. The van der Waals surface area contributed by atoms with Crippen LogP contribution in [0.1, 0.15) is 45.1 Å². The summed E-state index contributed by atoms with van der Waals surface area (Å²) in [5, 5.41) is 15.8. The summed E-state index contributed by atoms with van der Waals surface area (Å²) in [6.07, 6.45) is 1.76. The van der Waals surface area contributed by atoms with E-state index < -0.39 is 23.9 Å². The number of carboxylic acid groups (broad SMARTS) is 1. The molecule has 1 aromatic carbocycles. The zero-order valence-electron chi connectivity index (χ0n) is 21.4. The van der Waals surface area contributed by atoms with Gasteiger partial charge in [0, 0.05) is 26.2 Å². The van der Waals surface area contributed by atoms with E-state index in [1.165, 1.54) is 4.90 Å². The Morgan fingerprint density at radius 1 is 1.17 bits per heavy atom. The van der Waals surface area contributed by atoms with E-state index in [4.69, 9.17) is 9.47 Å². The first-order valence-corrected chi connectivity index (χ1v) is 12.8. The third-order valence-corrected chi connectivity index (χ3v) is 6.61. The predicted molar refractivity (Wildman–Crippen MR) is 135 cm³/mol. The number of piperidine rings is 2. The van der Waals surface area contributed by atoms with Crippen LogP contribution in [0.25, 0.3) is 0 Å². The molecule has 1 aromatic rings. The van der Waals surface area contributed by atoms with Gasteiger partial charge in [-0.1, -0.05) is 30.3 Å². The molecule has 36 heavy (non-hydrogen) atoms. The molecule has 2 aliphatic heterocycles. The van der Waals surface area contributed by atoms with Crippen molar-refractivity contribution in [1.29, 1.82) is 0 Å². The van der Waals surface area contributed by atoms with E-state index in [1.54, 1.807) is 18.7 Å². The molecule has 0 radical (unpaired) electrons. The zero-order valence-corrected chi connectivity index (χ0v) is 21.4. The van der Waals surface area contributed by atoms with Gasteiger partial charge in [0.25, 0.3) is 0 Å². The summed E-state index contributed by atoms with van der Waals surface area (Å²) in [6, 6.07) is 9.47. The topological polar surface area (TPSA) is 120 Å². The molecule has 200 valence electrons. The van der Waals surface area contributed by atoms with Crippen LogP contribution in [0.5, 0.6) is 0 Å². The monoisotopic (exact) mass is 504 g/mol. The fourth-order valence-electron chi connectivity index (χ4n) is 4.79. The lowest BCUT2D eigenvalue weighted by Crippen LogP contribution is -2.50. The Bertz CT molecular complexity index is 859. The summed E-state index contributed by atoms with van der Waals surface area (Å²) in [6.45, 7) is 7.42. The second-order valence-electron chi connectivity index (χ2n) is 10.4. The van der Waals surface area contributed by atoms with E-state index in [0.717, 1.165) is 44.3 Å². The van der Waals surface area contributed by atoms with Crippen LogP contribution in [-0.2, 0) is 16.1 Å². The van der Waals surface area contributed by atoms with Gasteiger partial charge in [-0.3, -0.25) is 0 Å². The first-order chi connectivity index (χ1) is 17.2. The van der Waals surface area contributed by atoms with Gasteiger partial charge in [-0.2, -0.15) is 0 Å². The average Bonchev–Trinajstić information content (AvgIpc) is 2.87. The number of ether oxygens (including phenoxy) is 2. The second kappa shape index (κ2) is 13.3. The van der Waals surface area contributed by atoms with Crippen LogP contribution in [-0.4, -0.2) is 84.6 Å². The third-order valence-electron chi connectivity index (χ3n) is 6.61. The number of amides is 3. The number of likely N-dealkylation sites (tertiary alicyclic amines) is 1. The summed E-state index contributed by atoms with van der Waals surface area (Å²) in [4.78, 5) is 39.8. The van der Waals surface area contributed by atoms with E-state index in [9.17, 15) is 19.5 Å². The second-order valence-corrected chi connectivity index (χ2v) is 10.4. The number of nitrogens with zero attached hydrogens (tertiary/aromatic N) is 2. The van der Waals surface area contributed by atoms with Crippen molar-refractivity contribution < 1.29 is 29.0 Å². The van der Waals surface area contributed by atoms with Crippen molar-refractivity contribution in [3.63, 3.8) is 0 Å². The highest BCUT2D eigenvalue weighted by Crippen LogP contribution is 2.21. The van der Waals surface area contributed by atoms with Gasteiger partial charge >= 0.3 is 18.3 Å². The van der Waals surface area contributed by atoms with Crippen LogP contribution in [0, 0.1) is 11.8 Å². The molecule has 2 heterocycles. The van der Waals surface area contributed by atoms with E-state index in [-0.39, 0.29) is 25.0 Å². The molecule has 10 nitrogen and oxygen atoms in total. The highest BCUT2D eigenvalue weighted by molar-refractivity contribution is 5.69. The van der Waals surface area contributed by atoms with Crippen LogP contribution in [0.2, 0.25) is 0 Å². The summed E-state index contributed by atoms with van der Waals surface area (Å²) in [5.41, 5.74) is -0.0528. The highest BCUT2D eigenvalue weighted by Gasteiger charge is 2.33. The Kier molecular flexibility index (Phi) is 10.2. The maximum Gasteiger partial charge on any atom is 0.410 e. The molecule has 2 fully saturated rings. The molecule has 0 saturated carbocycles. The van der Waals surface area contributed by atoms with Crippen LogP contribution in [0.4, 0.5) is 14.4 Å². The van der Waals surface area contributed by atoms with Crippen molar-refractivity contribution in [3.05, 3.63) is 35.9 Å². The number of rotatable bonds is 9. The number of benzene rings is 1. The van der Waals surface area contributed by atoms with Crippen LogP contribution >= 0.6 is 0 Å². The van der Waals surface area contributed by atoms with E-state index in [2.05, 4.69) is 10.6 Å². The lowest BCUT2D eigenvalue weighted by Gasteiger charge is -2.37. The molecule has 2 saturated heterocycles. The molecule has 0 bridgehead atoms. The fraction of sp³-hybridized carbons (Fsp3) is 0.654. The largest absolute Gasteiger partial charge is 0.465 e. The Morgan fingerprint density at radius 2 is 1.92 bits per heavy atom. The van der Waals surface area contributed by atoms with Gasteiger partial charge < -0.3 is 35.0 Å². The maximum atomic E-state index is 12.9. The molecule has 2 aliphatic rings. The number of nitrogens with one attached hydrogen (secondary N) is 2. The predicted octanol–water partition coefficient (Wildman–Crippen LogP) is 3.52. The van der Waals surface area contributed by atoms with Gasteiger partial charge in [0.2, 0.25) is 0 Å². The zero-order chi connectivity index (χ0) is 26.0. The van der Waals surface area contributed by atoms with Crippen LogP contribution in [0.3, 0.4) is 0 Å². The molecular formula is C26H40N4O6. The molecule has 0 aliphatic carbocycles. The van der Waals surface area contributed by atoms with E-state index >= 15 is 0 Å². The van der Waals surface area contributed by atoms with Gasteiger partial charge in [-0.15, -0.1) is 0 Å². The molecule has 0 spiro atoms. The van der Waals surface area contributed by atoms with Crippen molar-refractivity contribution >= 4 is 18.3 Å². The Balaban J connectivity index is 1.42. The van der Waals surface area contributed by atoms with Gasteiger partial charge in [-0.25, -0.2) is 14.4 Å².